The van der Waals surface area contributed by atoms with Crippen molar-refractivity contribution in [1.82, 2.24) is 20.9 Å². The van der Waals surface area contributed by atoms with Gasteiger partial charge in [0.15, 0.2) is 0 Å². The second kappa shape index (κ2) is 10.0. The highest BCUT2D eigenvalue weighted by molar-refractivity contribution is 4.63. The third-order valence-corrected chi connectivity index (χ3v) is 2.93. The summed E-state index contributed by atoms with van der Waals surface area (Å²) in [5.41, 5.74) is 0. The van der Waals surface area contributed by atoms with Crippen LogP contribution in [-0.2, 0) is 0 Å². The zero-order chi connectivity index (χ0) is 11.5. The maximum absolute atomic E-state index is 3.49. The lowest BCUT2D eigenvalue weighted by atomic mass is 10.3. The summed E-state index contributed by atoms with van der Waals surface area (Å²) in [6.45, 7) is 12.5. The Labute approximate surface area is 100 Å². The van der Waals surface area contributed by atoms with Crippen LogP contribution >= 0.6 is 0 Å². The minimum Gasteiger partial charge on any atom is -0.315 e. The molecular formula is C12H28N4. The van der Waals surface area contributed by atoms with Crippen LogP contribution in [0.2, 0.25) is 0 Å². The van der Waals surface area contributed by atoms with Gasteiger partial charge in [-0.2, -0.15) is 0 Å². The Bertz CT molecular complexity index is 138. The van der Waals surface area contributed by atoms with Crippen LogP contribution in [0.5, 0.6) is 0 Å². The largest absolute Gasteiger partial charge is 0.315 e. The van der Waals surface area contributed by atoms with Gasteiger partial charge in [0, 0.05) is 39.3 Å². The molecule has 3 N–H and O–H groups in total. The molecule has 1 saturated heterocycles. The molecule has 1 aliphatic heterocycles. The molecule has 0 saturated carbocycles. The molecule has 0 unspecified atom stereocenters. The highest BCUT2D eigenvalue weighted by Gasteiger charge is 2.03. The van der Waals surface area contributed by atoms with E-state index < -0.39 is 0 Å². The van der Waals surface area contributed by atoms with Gasteiger partial charge in [-0.3, -0.25) is 0 Å². The molecule has 0 aromatic heterocycles. The molecule has 0 aromatic rings. The molecule has 0 atom stereocenters. The molecule has 4 nitrogen and oxygen atoms in total. The van der Waals surface area contributed by atoms with Crippen molar-refractivity contribution in [3.63, 3.8) is 0 Å². The van der Waals surface area contributed by atoms with Crippen molar-refractivity contribution in [3.05, 3.63) is 0 Å². The van der Waals surface area contributed by atoms with Gasteiger partial charge in [0.05, 0.1) is 0 Å². The molecule has 0 bridgehead atoms. The van der Waals surface area contributed by atoms with E-state index in [1.807, 2.05) is 0 Å². The summed E-state index contributed by atoms with van der Waals surface area (Å²) in [7, 11) is 0. The highest BCUT2D eigenvalue weighted by atomic mass is 15.1. The Kier molecular flexibility index (Phi) is 8.71. The van der Waals surface area contributed by atoms with E-state index in [1.165, 1.54) is 32.5 Å². The van der Waals surface area contributed by atoms with E-state index in [1.54, 1.807) is 0 Å². The Morgan fingerprint density at radius 3 is 2.12 bits per heavy atom. The number of hydrogen-bond donors (Lipinski definition) is 3. The van der Waals surface area contributed by atoms with E-state index in [9.17, 15) is 0 Å². The van der Waals surface area contributed by atoms with Crippen LogP contribution in [0.3, 0.4) is 0 Å². The van der Waals surface area contributed by atoms with Gasteiger partial charge in [0.2, 0.25) is 0 Å². The lowest BCUT2D eigenvalue weighted by Crippen LogP contribution is -2.36. The molecule has 0 radical (unpaired) electrons. The molecule has 4 heteroatoms. The summed E-state index contributed by atoms with van der Waals surface area (Å²) >= 11 is 0. The lowest BCUT2D eigenvalue weighted by Gasteiger charge is -2.21. The van der Waals surface area contributed by atoms with Crippen molar-refractivity contribution in [2.75, 3.05) is 58.9 Å². The first-order valence-corrected chi connectivity index (χ1v) is 6.78. The van der Waals surface area contributed by atoms with Gasteiger partial charge in [0.25, 0.3) is 0 Å². The maximum atomic E-state index is 3.49. The van der Waals surface area contributed by atoms with Gasteiger partial charge in [-0.05, 0) is 32.5 Å². The van der Waals surface area contributed by atoms with E-state index in [2.05, 4.69) is 27.8 Å². The molecule has 0 aromatic carbocycles. The summed E-state index contributed by atoms with van der Waals surface area (Å²) in [5, 5.41) is 10.4. The molecule has 1 rings (SSSR count). The van der Waals surface area contributed by atoms with Gasteiger partial charge >= 0.3 is 0 Å². The summed E-state index contributed by atoms with van der Waals surface area (Å²) < 4.78 is 0. The fourth-order valence-corrected chi connectivity index (χ4v) is 2.05. The molecule has 96 valence electrons. The smallest absolute Gasteiger partial charge is 0.0107 e. The standard InChI is InChI=1S/C12H28N4/c1-2-10-16-11-3-4-13-5-6-14-7-8-15-9-12-16/h13-15H,2-12H2,1H3. The molecule has 0 amide bonds. The van der Waals surface area contributed by atoms with Crippen LogP contribution in [0.25, 0.3) is 0 Å². The van der Waals surface area contributed by atoms with E-state index in [4.69, 9.17) is 0 Å². The van der Waals surface area contributed by atoms with Crippen molar-refractivity contribution in [3.8, 4) is 0 Å². The fraction of sp³-hybridized carbons (Fsp3) is 1.00. The Morgan fingerprint density at radius 1 is 0.812 bits per heavy atom. The van der Waals surface area contributed by atoms with Gasteiger partial charge in [-0.25, -0.2) is 0 Å². The monoisotopic (exact) mass is 228 g/mol. The maximum Gasteiger partial charge on any atom is 0.0107 e. The number of hydrogen-bond acceptors (Lipinski definition) is 4. The summed E-state index contributed by atoms with van der Waals surface area (Å²) in [6.07, 6.45) is 2.52. The van der Waals surface area contributed by atoms with Crippen molar-refractivity contribution in [1.29, 1.82) is 0 Å². The number of nitrogens with one attached hydrogen (secondary N) is 3. The molecular weight excluding hydrogens is 200 g/mol. The van der Waals surface area contributed by atoms with Crippen molar-refractivity contribution in [2.24, 2.45) is 0 Å². The SMILES string of the molecule is CCCN1CCCNCCNCCNCC1. The summed E-state index contributed by atoms with van der Waals surface area (Å²) in [5.74, 6) is 0. The zero-order valence-corrected chi connectivity index (χ0v) is 10.7. The highest BCUT2D eigenvalue weighted by Crippen LogP contribution is 1.93. The molecule has 1 fully saturated rings. The molecule has 0 spiro atoms. The third-order valence-electron chi connectivity index (χ3n) is 2.93. The first kappa shape index (κ1) is 13.9. The van der Waals surface area contributed by atoms with Gasteiger partial charge < -0.3 is 20.9 Å². The predicted octanol–water partition coefficient (Wildman–Crippen LogP) is -0.129. The fourth-order valence-electron chi connectivity index (χ4n) is 2.05. The van der Waals surface area contributed by atoms with Gasteiger partial charge in [-0.15, -0.1) is 0 Å². The van der Waals surface area contributed by atoms with E-state index in [0.29, 0.717) is 0 Å². The van der Waals surface area contributed by atoms with Crippen LogP contribution in [0.4, 0.5) is 0 Å². The third kappa shape index (κ3) is 7.17. The Hall–Kier alpha value is -0.160. The molecule has 0 aliphatic carbocycles. The van der Waals surface area contributed by atoms with Crippen LogP contribution in [0.1, 0.15) is 19.8 Å². The zero-order valence-electron chi connectivity index (χ0n) is 10.7. The number of nitrogens with zero attached hydrogens (tertiary/aromatic N) is 1. The Balaban J connectivity index is 2.20. The van der Waals surface area contributed by atoms with Crippen molar-refractivity contribution in [2.45, 2.75) is 19.8 Å². The van der Waals surface area contributed by atoms with Crippen molar-refractivity contribution >= 4 is 0 Å². The first-order chi connectivity index (χ1) is 7.93. The molecule has 1 heterocycles. The Morgan fingerprint density at radius 2 is 1.44 bits per heavy atom. The van der Waals surface area contributed by atoms with Crippen LogP contribution in [0, 0.1) is 0 Å². The first-order valence-electron chi connectivity index (χ1n) is 6.78. The van der Waals surface area contributed by atoms with Crippen LogP contribution < -0.4 is 16.0 Å². The van der Waals surface area contributed by atoms with Gasteiger partial charge in [-0.1, -0.05) is 6.92 Å². The molecule has 16 heavy (non-hydrogen) atoms. The van der Waals surface area contributed by atoms with Crippen LogP contribution in [-0.4, -0.2) is 63.8 Å². The normalized spacial score (nSPS) is 23.1. The minimum atomic E-state index is 1.08. The number of rotatable bonds is 2. The van der Waals surface area contributed by atoms with E-state index in [0.717, 1.165) is 39.3 Å². The quantitative estimate of drug-likeness (QED) is 0.616. The van der Waals surface area contributed by atoms with E-state index in [-0.39, 0.29) is 0 Å². The summed E-state index contributed by atoms with van der Waals surface area (Å²) in [4.78, 5) is 2.57. The average Bonchev–Trinajstić information content (AvgIpc) is 2.31. The minimum absolute atomic E-state index is 1.08. The van der Waals surface area contributed by atoms with Crippen molar-refractivity contribution < 1.29 is 0 Å². The van der Waals surface area contributed by atoms with Crippen LogP contribution in [0.15, 0.2) is 0 Å². The topological polar surface area (TPSA) is 39.3 Å². The predicted molar refractivity (Wildman–Crippen MR) is 70.0 cm³/mol. The van der Waals surface area contributed by atoms with Gasteiger partial charge in [0.1, 0.15) is 0 Å². The van der Waals surface area contributed by atoms with E-state index >= 15 is 0 Å². The second-order valence-corrected chi connectivity index (χ2v) is 4.45. The average molecular weight is 228 g/mol. The summed E-state index contributed by atoms with van der Waals surface area (Å²) in [6, 6.07) is 0. The lowest BCUT2D eigenvalue weighted by molar-refractivity contribution is 0.270. The molecule has 1 aliphatic rings. The second-order valence-electron chi connectivity index (χ2n) is 4.45.